The maximum absolute atomic E-state index is 11.6. The van der Waals surface area contributed by atoms with E-state index in [1.54, 1.807) is 0 Å². The molecule has 6 rings (SSSR count). The quantitative estimate of drug-likeness (QED) is 0.159. The number of carbonyl (C=O) groups is 1. The molecule has 258 valence electrons. The molecular formula is C40H52ClN3O4. The third-order valence-corrected chi connectivity index (χ3v) is 10.6. The predicted molar refractivity (Wildman–Crippen MR) is 193 cm³/mol. The molecule has 0 radical (unpaired) electrons. The second kappa shape index (κ2) is 16.0. The highest BCUT2D eigenvalue weighted by molar-refractivity contribution is 6.32. The first-order chi connectivity index (χ1) is 23.3. The molecule has 2 N–H and O–H groups in total. The average molecular weight is 674 g/mol. The molecule has 2 fully saturated rings. The molecule has 2 saturated heterocycles. The normalized spacial score (nSPS) is 20.7. The third-order valence-electron chi connectivity index (χ3n) is 10.3. The molecule has 0 spiro atoms. The van der Waals surface area contributed by atoms with Crippen LogP contribution in [0.3, 0.4) is 0 Å². The molecule has 7 nitrogen and oxygen atoms in total. The van der Waals surface area contributed by atoms with Gasteiger partial charge in [-0.25, -0.2) is 0 Å². The van der Waals surface area contributed by atoms with Gasteiger partial charge in [-0.1, -0.05) is 55.8 Å². The number of nitrogens with one attached hydrogen (secondary N) is 2. The fourth-order valence-corrected chi connectivity index (χ4v) is 8.08. The molecule has 0 bridgehead atoms. The lowest BCUT2D eigenvalue weighted by Gasteiger charge is -2.27. The highest BCUT2D eigenvalue weighted by Gasteiger charge is 2.29. The van der Waals surface area contributed by atoms with Gasteiger partial charge in [0.15, 0.2) is 0 Å². The maximum Gasteiger partial charge on any atom is 0.220 e. The first-order valence-corrected chi connectivity index (χ1v) is 18.4. The van der Waals surface area contributed by atoms with Crippen LogP contribution in [0.1, 0.15) is 87.7 Å². The summed E-state index contributed by atoms with van der Waals surface area (Å²) in [5.41, 5.74) is 7.16. The van der Waals surface area contributed by atoms with Crippen molar-refractivity contribution in [1.82, 2.24) is 15.5 Å². The molecule has 1 aliphatic carbocycles. The Balaban J connectivity index is 1.12. The molecule has 3 aromatic carbocycles. The van der Waals surface area contributed by atoms with Gasteiger partial charge in [-0.15, -0.1) is 0 Å². The van der Waals surface area contributed by atoms with E-state index in [0.29, 0.717) is 48.8 Å². The molecule has 0 aromatic heterocycles. The highest BCUT2D eigenvalue weighted by Crippen LogP contribution is 2.44. The van der Waals surface area contributed by atoms with Gasteiger partial charge in [-0.3, -0.25) is 4.79 Å². The van der Waals surface area contributed by atoms with Crippen molar-refractivity contribution in [3.63, 3.8) is 0 Å². The van der Waals surface area contributed by atoms with E-state index in [-0.39, 0.29) is 18.1 Å². The van der Waals surface area contributed by atoms with E-state index in [1.165, 1.54) is 47.2 Å². The van der Waals surface area contributed by atoms with Crippen LogP contribution in [-0.4, -0.2) is 55.7 Å². The van der Waals surface area contributed by atoms with Gasteiger partial charge in [0.25, 0.3) is 0 Å². The van der Waals surface area contributed by atoms with Crippen LogP contribution < -0.4 is 24.8 Å². The fraction of sp³-hybridized carbons (Fsp3) is 0.525. The topological polar surface area (TPSA) is 72.1 Å². The third kappa shape index (κ3) is 7.96. The van der Waals surface area contributed by atoms with Crippen molar-refractivity contribution in [3.8, 4) is 28.4 Å². The Morgan fingerprint density at radius 3 is 2.62 bits per heavy atom. The molecule has 1 amide bonds. The van der Waals surface area contributed by atoms with E-state index in [4.69, 9.17) is 25.8 Å². The first-order valence-electron chi connectivity index (χ1n) is 18.0. The number of hydrogen-bond donors (Lipinski definition) is 2. The zero-order valence-electron chi connectivity index (χ0n) is 29.1. The van der Waals surface area contributed by atoms with Crippen LogP contribution in [0.5, 0.6) is 17.2 Å². The number of amides is 1. The number of ether oxygens (including phenoxy) is 3. The Kier molecular flexibility index (Phi) is 11.5. The number of carbonyl (C=O) groups excluding carboxylic acids is 1. The van der Waals surface area contributed by atoms with Crippen molar-refractivity contribution >= 4 is 17.5 Å². The number of hydrogen-bond acceptors (Lipinski definition) is 6. The van der Waals surface area contributed by atoms with E-state index >= 15 is 0 Å². The Labute approximate surface area is 291 Å². The zero-order chi connectivity index (χ0) is 33.6. The van der Waals surface area contributed by atoms with E-state index in [0.717, 1.165) is 55.9 Å². The van der Waals surface area contributed by atoms with Gasteiger partial charge in [0.05, 0.1) is 18.2 Å². The first kappa shape index (κ1) is 34.6. The van der Waals surface area contributed by atoms with Crippen LogP contribution in [0.4, 0.5) is 0 Å². The van der Waals surface area contributed by atoms with Crippen LogP contribution >= 0.6 is 11.6 Å². The van der Waals surface area contributed by atoms with Crippen molar-refractivity contribution in [1.29, 1.82) is 0 Å². The summed E-state index contributed by atoms with van der Waals surface area (Å²) in [6.07, 6.45) is 6.85. The van der Waals surface area contributed by atoms with Crippen LogP contribution in [0.15, 0.2) is 48.5 Å². The highest BCUT2D eigenvalue weighted by atomic mass is 35.5. The molecule has 0 saturated carbocycles. The molecule has 2 heterocycles. The number of benzene rings is 3. The zero-order valence-corrected chi connectivity index (χ0v) is 29.8. The van der Waals surface area contributed by atoms with Crippen molar-refractivity contribution in [2.45, 2.75) is 97.4 Å². The van der Waals surface area contributed by atoms with E-state index < -0.39 is 0 Å². The SMILES string of the molecule is CCOc1cc(O[C@H]2CCc3c(-c4cccc(OCCCN5CCCC5C(C)C)c4C)cccc32)c(Cl)cc1CNC[C@@H]1CCC(=O)N1. The number of halogens is 1. The summed E-state index contributed by atoms with van der Waals surface area (Å²) in [7, 11) is 0. The lowest BCUT2D eigenvalue weighted by molar-refractivity contribution is -0.119. The Morgan fingerprint density at radius 1 is 1.00 bits per heavy atom. The largest absolute Gasteiger partial charge is 0.493 e. The number of rotatable bonds is 15. The molecule has 3 aliphatic rings. The Hall–Kier alpha value is -3.26. The van der Waals surface area contributed by atoms with E-state index in [1.807, 2.05) is 19.1 Å². The summed E-state index contributed by atoms with van der Waals surface area (Å²) < 4.78 is 19.0. The molecule has 8 heteroatoms. The Bertz CT molecular complexity index is 1580. The molecule has 2 aliphatic heterocycles. The number of nitrogens with zero attached hydrogens (tertiary/aromatic N) is 1. The predicted octanol–water partition coefficient (Wildman–Crippen LogP) is 8.04. The second-order valence-electron chi connectivity index (χ2n) is 13.9. The minimum atomic E-state index is -0.0955. The summed E-state index contributed by atoms with van der Waals surface area (Å²) in [5, 5.41) is 7.03. The van der Waals surface area contributed by atoms with Crippen LogP contribution in [0.25, 0.3) is 11.1 Å². The van der Waals surface area contributed by atoms with Crippen LogP contribution in [0.2, 0.25) is 5.02 Å². The monoisotopic (exact) mass is 673 g/mol. The van der Waals surface area contributed by atoms with Gasteiger partial charge in [-0.2, -0.15) is 0 Å². The summed E-state index contributed by atoms with van der Waals surface area (Å²) >= 11 is 6.83. The second-order valence-corrected chi connectivity index (χ2v) is 14.3. The van der Waals surface area contributed by atoms with Gasteiger partial charge in [0.1, 0.15) is 23.4 Å². The average Bonchev–Trinajstić information content (AvgIpc) is 3.82. The van der Waals surface area contributed by atoms with Gasteiger partial charge in [0.2, 0.25) is 5.91 Å². The lowest BCUT2D eigenvalue weighted by Crippen LogP contribution is -2.35. The van der Waals surface area contributed by atoms with E-state index in [2.05, 4.69) is 72.7 Å². The van der Waals surface area contributed by atoms with Crippen molar-refractivity contribution in [2.75, 3.05) is 32.8 Å². The van der Waals surface area contributed by atoms with Gasteiger partial charge >= 0.3 is 0 Å². The molecule has 1 unspecified atom stereocenters. The van der Waals surface area contributed by atoms with E-state index in [9.17, 15) is 4.79 Å². The summed E-state index contributed by atoms with van der Waals surface area (Å²) in [4.78, 5) is 14.2. The van der Waals surface area contributed by atoms with Crippen molar-refractivity contribution in [2.24, 2.45) is 5.92 Å². The summed E-state index contributed by atoms with van der Waals surface area (Å²) in [5.74, 6) is 3.20. The minimum absolute atomic E-state index is 0.0955. The minimum Gasteiger partial charge on any atom is -0.493 e. The number of likely N-dealkylation sites (tertiary alicyclic amines) is 1. The molecule has 48 heavy (non-hydrogen) atoms. The van der Waals surface area contributed by atoms with Crippen LogP contribution in [-0.2, 0) is 17.8 Å². The Morgan fingerprint density at radius 2 is 1.83 bits per heavy atom. The van der Waals surface area contributed by atoms with Gasteiger partial charge in [-0.05, 0) is 105 Å². The van der Waals surface area contributed by atoms with Crippen molar-refractivity contribution < 1.29 is 19.0 Å². The fourth-order valence-electron chi connectivity index (χ4n) is 7.85. The van der Waals surface area contributed by atoms with Gasteiger partial charge < -0.3 is 29.7 Å². The standard InChI is InChI=1S/C40H52ClN3O4/c1-5-46-38-23-39(34(41)22-28(38)24-42-25-29-15-18-40(45)43-29)48-37-17-16-32-31(11-6-12-33(32)37)30-10-7-14-36(27(30)4)47-21-9-20-44-19-8-13-35(44)26(2)3/h6-7,10-12,14,22-23,26,29,35,37,42H,5,8-9,13,15-21,24-25H2,1-4H3,(H,43,45)/t29-,35?,37-/m0/s1. The molecule has 3 aromatic rings. The van der Waals surface area contributed by atoms with Gasteiger partial charge in [0, 0.05) is 49.8 Å². The van der Waals surface area contributed by atoms with Crippen LogP contribution in [0, 0.1) is 12.8 Å². The smallest absolute Gasteiger partial charge is 0.220 e. The lowest BCUT2D eigenvalue weighted by atomic mass is 9.93. The summed E-state index contributed by atoms with van der Waals surface area (Å²) in [6, 6.07) is 17.7. The molecular weight excluding hydrogens is 622 g/mol. The maximum atomic E-state index is 11.6. The summed E-state index contributed by atoms with van der Waals surface area (Å²) in [6.45, 7) is 13.7. The number of fused-ring (bicyclic) bond motifs is 1. The molecule has 3 atom stereocenters. The van der Waals surface area contributed by atoms with Crippen molar-refractivity contribution in [3.05, 3.63) is 75.8 Å².